The predicted octanol–water partition coefficient (Wildman–Crippen LogP) is 4.41. The average Bonchev–Trinajstić information content (AvgIpc) is 3.25. The predicted molar refractivity (Wildman–Crippen MR) is 100.0 cm³/mol. The lowest BCUT2D eigenvalue weighted by molar-refractivity contribution is -0.111. The highest BCUT2D eigenvalue weighted by atomic mass is 79.9. The largest absolute Gasteiger partial charge is 0.450 e. The van der Waals surface area contributed by atoms with Gasteiger partial charge < -0.3 is 9.73 Å². The van der Waals surface area contributed by atoms with Crippen LogP contribution in [-0.4, -0.2) is 19.6 Å². The highest BCUT2D eigenvalue weighted by Gasteiger charge is 2.30. The molecule has 5 nitrogen and oxygen atoms in total. The summed E-state index contributed by atoms with van der Waals surface area (Å²) < 4.78 is 30.9. The third kappa shape index (κ3) is 4.41. The molecule has 3 rings (SSSR count). The van der Waals surface area contributed by atoms with E-state index in [2.05, 4.69) is 21.2 Å². The summed E-state index contributed by atoms with van der Waals surface area (Å²) in [5, 5.41) is 2.42. The lowest BCUT2D eigenvalue weighted by atomic mass is 10.3. The second-order valence-electron chi connectivity index (χ2n) is 5.94. The monoisotopic (exact) mass is 423 g/mol. The lowest BCUT2D eigenvalue weighted by Gasteiger charge is -2.11. The summed E-state index contributed by atoms with van der Waals surface area (Å²) in [5.74, 6) is 0.235. The molecule has 0 spiro atoms. The Bertz CT molecular complexity index is 878. The molecule has 1 saturated carbocycles. The molecule has 1 aromatic heterocycles. The first kappa shape index (κ1) is 17.9. The fraction of sp³-hybridized carbons (Fsp3) is 0.278. The Morgan fingerprint density at radius 2 is 1.80 bits per heavy atom. The second-order valence-corrected chi connectivity index (χ2v) is 8.95. The lowest BCUT2D eigenvalue weighted by Crippen LogP contribution is -2.17. The van der Waals surface area contributed by atoms with E-state index in [9.17, 15) is 13.2 Å². The summed E-state index contributed by atoms with van der Waals surface area (Å²) in [7, 11) is -3.27. The molecule has 1 aliphatic carbocycles. The second kappa shape index (κ2) is 7.58. The van der Waals surface area contributed by atoms with Gasteiger partial charge in [-0.25, -0.2) is 8.42 Å². The van der Waals surface area contributed by atoms with Crippen LogP contribution in [0.15, 0.2) is 56.5 Å². The number of halogens is 1. The summed E-state index contributed by atoms with van der Waals surface area (Å²) >= 11 is 3.19. The Morgan fingerprint density at radius 3 is 2.40 bits per heavy atom. The topological polar surface area (TPSA) is 76.4 Å². The van der Waals surface area contributed by atoms with Crippen LogP contribution in [-0.2, 0) is 14.6 Å². The molecule has 1 heterocycles. The maximum atomic E-state index is 12.5. The van der Waals surface area contributed by atoms with Crippen LogP contribution in [0.4, 0.5) is 5.69 Å². The smallest absolute Gasteiger partial charge is 0.248 e. The number of hydrogen-bond acceptors (Lipinski definition) is 4. The molecular weight excluding hydrogens is 406 g/mol. The number of benzene rings is 1. The van der Waals surface area contributed by atoms with Gasteiger partial charge in [-0.15, -0.1) is 0 Å². The van der Waals surface area contributed by atoms with Gasteiger partial charge in [-0.1, -0.05) is 12.8 Å². The molecular formula is C18H18BrNO4S. The van der Waals surface area contributed by atoms with E-state index >= 15 is 0 Å². The molecule has 0 unspecified atom stereocenters. The van der Waals surface area contributed by atoms with Crippen molar-refractivity contribution in [3.8, 4) is 0 Å². The fourth-order valence-corrected chi connectivity index (χ4v) is 5.05. The van der Waals surface area contributed by atoms with Gasteiger partial charge in [0.25, 0.3) is 0 Å². The maximum Gasteiger partial charge on any atom is 0.248 e. The minimum Gasteiger partial charge on any atom is -0.450 e. The van der Waals surface area contributed by atoms with Crippen molar-refractivity contribution in [2.45, 2.75) is 35.8 Å². The third-order valence-electron chi connectivity index (χ3n) is 4.18. The minimum atomic E-state index is -3.27. The number of carbonyl (C=O) groups is 1. The number of amides is 1. The Kier molecular flexibility index (Phi) is 5.44. The van der Waals surface area contributed by atoms with Gasteiger partial charge in [-0.3, -0.25) is 4.79 Å². The van der Waals surface area contributed by atoms with Crippen LogP contribution in [0.1, 0.15) is 31.4 Å². The van der Waals surface area contributed by atoms with E-state index in [4.69, 9.17) is 4.42 Å². The van der Waals surface area contributed by atoms with Gasteiger partial charge in [-0.2, -0.15) is 0 Å². The van der Waals surface area contributed by atoms with Gasteiger partial charge in [0.15, 0.2) is 14.5 Å². The number of carbonyl (C=O) groups excluding carboxylic acids is 1. The van der Waals surface area contributed by atoms with Crippen molar-refractivity contribution in [3.05, 3.63) is 52.9 Å². The Labute approximate surface area is 155 Å². The van der Waals surface area contributed by atoms with Gasteiger partial charge in [0.2, 0.25) is 5.91 Å². The highest BCUT2D eigenvalue weighted by molar-refractivity contribution is 9.10. The Balaban J connectivity index is 1.64. The van der Waals surface area contributed by atoms with E-state index < -0.39 is 9.84 Å². The molecule has 7 heteroatoms. The number of sulfone groups is 1. The first-order valence-electron chi connectivity index (χ1n) is 8.03. The van der Waals surface area contributed by atoms with Crippen molar-refractivity contribution < 1.29 is 17.6 Å². The van der Waals surface area contributed by atoms with Gasteiger partial charge in [-0.05, 0) is 71.2 Å². The molecule has 0 saturated heterocycles. The highest BCUT2D eigenvalue weighted by Crippen LogP contribution is 2.30. The molecule has 0 atom stereocenters. The van der Waals surface area contributed by atoms with Crippen LogP contribution in [0.25, 0.3) is 6.08 Å². The number of nitrogens with one attached hydrogen (secondary N) is 1. The van der Waals surface area contributed by atoms with Crippen molar-refractivity contribution in [2.75, 3.05) is 5.32 Å². The first-order valence-corrected chi connectivity index (χ1v) is 10.4. The van der Waals surface area contributed by atoms with E-state index in [1.165, 1.54) is 6.08 Å². The van der Waals surface area contributed by atoms with Crippen LogP contribution in [0, 0.1) is 0 Å². The summed E-state index contributed by atoms with van der Waals surface area (Å²) in [4.78, 5) is 12.2. The number of anilines is 1. The fourth-order valence-electron chi connectivity index (χ4n) is 2.88. The summed E-state index contributed by atoms with van der Waals surface area (Å²) in [6.45, 7) is 0. The van der Waals surface area contributed by atoms with Crippen LogP contribution in [0.3, 0.4) is 0 Å². The molecule has 132 valence electrons. The van der Waals surface area contributed by atoms with E-state index in [1.807, 2.05) is 0 Å². The average molecular weight is 424 g/mol. The molecule has 1 N–H and O–H groups in total. The molecule has 1 fully saturated rings. The van der Waals surface area contributed by atoms with Crippen LogP contribution in [0.5, 0.6) is 0 Å². The molecule has 0 aliphatic heterocycles. The van der Waals surface area contributed by atoms with Crippen molar-refractivity contribution in [1.29, 1.82) is 0 Å². The normalized spacial score (nSPS) is 15.7. The zero-order chi connectivity index (χ0) is 17.9. The zero-order valence-electron chi connectivity index (χ0n) is 13.4. The quantitative estimate of drug-likeness (QED) is 0.722. The van der Waals surface area contributed by atoms with E-state index in [-0.39, 0.29) is 11.2 Å². The van der Waals surface area contributed by atoms with Crippen LogP contribution in [0.2, 0.25) is 0 Å². The SMILES string of the molecule is O=C(C=Cc1ccc(Br)o1)Nc1ccc(S(=O)(=O)C2CCCC2)cc1. The van der Waals surface area contributed by atoms with E-state index in [1.54, 1.807) is 42.5 Å². The maximum absolute atomic E-state index is 12.5. The first-order chi connectivity index (χ1) is 11.9. The minimum absolute atomic E-state index is 0.275. The van der Waals surface area contributed by atoms with Crippen molar-refractivity contribution in [1.82, 2.24) is 0 Å². The molecule has 2 aromatic rings. The number of hydrogen-bond donors (Lipinski definition) is 1. The summed E-state index contributed by atoms with van der Waals surface area (Å²) in [6, 6.07) is 9.79. The van der Waals surface area contributed by atoms with Crippen molar-refractivity contribution >= 4 is 43.4 Å². The van der Waals surface area contributed by atoms with Crippen molar-refractivity contribution in [3.63, 3.8) is 0 Å². The van der Waals surface area contributed by atoms with Gasteiger partial charge in [0, 0.05) is 11.8 Å². The summed E-state index contributed by atoms with van der Waals surface area (Å²) in [6.07, 6.45) is 6.31. The van der Waals surface area contributed by atoms with Crippen molar-refractivity contribution in [2.24, 2.45) is 0 Å². The third-order valence-corrected chi connectivity index (χ3v) is 6.89. The Hall–Kier alpha value is -1.86. The van der Waals surface area contributed by atoms with Crippen LogP contribution < -0.4 is 5.32 Å². The zero-order valence-corrected chi connectivity index (χ0v) is 15.8. The molecule has 1 amide bonds. The standard InChI is InChI=1S/C18H18BrNO4S/c19-17-11-7-14(24-17)8-12-18(21)20-13-5-9-16(10-6-13)25(22,23)15-3-1-2-4-15/h5-12,15H,1-4H2,(H,20,21). The Morgan fingerprint density at radius 1 is 1.12 bits per heavy atom. The number of rotatable bonds is 5. The summed E-state index contributed by atoms with van der Waals surface area (Å²) in [5.41, 5.74) is 0.542. The van der Waals surface area contributed by atoms with Gasteiger partial charge in [0.05, 0.1) is 10.1 Å². The van der Waals surface area contributed by atoms with E-state index in [0.717, 1.165) is 25.7 Å². The van der Waals surface area contributed by atoms with Gasteiger partial charge in [0.1, 0.15) is 5.76 Å². The van der Waals surface area contributed by atoms with E-state index in [0.29, 0.717) is 21.0 Å². The molecule has 1 aromatic carbocycles. The molecule has 0 radical (unpaired) electrons. The van der Waals surface area contributed by atoms with Gasteiger partial charge >= 0.3 is 0 Å². The molecule has 1 aliphatic rings. The molecule has 0 bridgehead atoms. The number of furan rings is 1. The van der Waals surface area contributed by atoms with Crippen LogP contribution >= 0.6 is 15.9 Å². The molecule has 25 heavy (non-hydrogen) atoms.